The van der Waals surface area contributed by atoms with Gasteiger partial charge in [0.05, 0.1) is 34.2 Å². The quantitative estimate of drug-likeness (QED) is 0.749. The zero-order valence-corrected chi connectivity index (χ0v) is 10.8. The van der Waals surface area contributed by atoms with E-state index < -0.39 is 16.0 Å². The number of carbonyl (C=O) groups is 1. The summed E-state index contributed by atoms with van der Waals surface area (Å²) in [4.78, 5) is 18.5. The Kier molecular flexibility index (Phi) is 3.63. The van der Waals surface area contributed by atoms with Crippen LogP contribution in [0.1, 0.15) is 10.4 Å². The Morgan fingerprint density at radius 2 is 1.90 bits per heavy atom. The Morgan fingerprint density at radius 1 is 1.25 bits per heavy atom. The summed E-state index contributed by atoms with van der Waals surface area (Å²) in [7, 11) is -3.96. The molecule has 2 rings (SSSR count). The highest BCUT2D eigenvalue weighted by Gasteiger charge is 2.16. The highest BCUT2D eigenvalue weighted by molar-refractivity contribution is 7.89. The van der Waals surface area contributed by atoms with E-state index in [1.54, 1.807) is 0 Å². The second-order valence-electron chi connectivity index (χ2n) is 3.81. The van der Waals surface area contributed by atoms with Crippen LogP contribution in [0.3, 0.4) is 0 Å². The number of aromatic nitrogens is 2. The smallest absolute Gasteiger partial charge is 0.337 e. The molecular formula is C11H10N4O4S. The molecule has 0 bridgehead atoms. The van der Waals surface area contributed by atoms with Crippen LogP contribution in [-0.2, 0) is 10.0 Å². The Bertz CT molecular complexity index is 746. The third kappa shape index (κ3) is 3.08. The van der Waals surface area contributed by atoms with E-state index in [0.29, 0.717) is 5.69 Å². The molecule has 0 saturated heterocycles. The van der Waals surface area contributed by atoms with Crippen molar-refractivity contribution < 1.29 is 18.3 Å². The van der Waals surface area contributed by atoms with E-state index in [-0.39, 0.29) is 16.1 Å². The fraction of sp³-hybridized carbons (Fsp3) is 0. The average molecular weight is 294 g/mol. The minimum absolute atomic E-state index is 0.208. The molecule has 1 aromatic carbocycles. The first-order chi connectivity index (χ1) is 9.38. The van der Waals surface area contributed by atoms with Crippen molar-refractivity contribution >= 4 is 27.4 Å². The van der Waals surface area contributed by atoms with E-state index in [9.17, 15) is 13.2 Å². The van der Waals surface area contributed by atoms with Crippen molar-refractivity contribution in [1.82, 2.24) is 9.97 Å². The lowest BCUT2D eigenvalue weighted by Crippen LogP contribution is -2.14. The van der Waals surface area contributed by atoms with Crippen molar-refractivity contribution in [2.45, 2.75) is 4.90 Å². The number of benzene rings is 1. The minimum atomic E-state index is -3.96. The zero-order chi connectivity index (χ0) is 14.8. The first-order valence-corrected chi connectivity index (χ1v) is 6.85. The van der Waals surface area contributed by atoms with Crippen molar-refractivity contribution in [3.05, 3.63) is 42.5 Å². The monoisotopic (exact) mass is 294 g/mol. The molecule has 8 nitrogen and oxygen atoms in total. The van der Waals surface area contributed by atoms with Crippen LogP contribution >= 0.6 is 0 Å². The van der Waals surface area contributed by atoms with Gasteiger partial charge in [0.1, 0.15) is 6.33 Å². The number of carboxylic acid groups (broad SMARTS) is 1. The molecule has 104 valence electrons. The average Bonchev–Trinajstić information content (AvgIpc) is 2.38. The summed E-state index contributed by atoms with van der Waals surface area (Å²) in [6, 6.07) is 3.52. The first kappa shape index (κ1) is 13.9. The largest absolute Gasteiger partial charge is 0.478 e. The fourth-order valence-corrected chi connectivity index (χ4v) is 2.05. The number of nitrogens with one attached hydrogen (secondary N) is 1. The molecule has 0 radical (unpaired) electrons. The van der Waals surface area contributed by atoms with Gasteiger partial charge in [-0.05, 0) is 18.2 Å². The van der Waals surface area contributed by atoms with Crippen molar-refractivity contribution in [2.24, 2.45) is 5.14 Å². The maximum atomic E-state index is 11.2. The minimum Gasteiger partial charge on any atom is -0.478 e. The van der Waals surface area contributed by atoms with E-state index in [2.05, 4.69) is 15.3 Å². The summed E-state index contributed by atoms with van der Waals surface area (Å²) in [5.74, 6) is -1.28. The second-order valence-corrected chi connectivity index (χ2v) is 5.37. The van der Waals surface area contributed by atoms with Gasteiger partial charge in [-0.15, -0.1) is 0 Å². The molecule has 1 aromatic heterocycles. The summed E-state index contributed by atoms with van der Waals surface area (Å²) in [6.07, 6.45) is 4.23. The van der Waals surface area contributed by atoms with Gasteiger partial charge in [-0.25, -0.2) is 28.3 Å². The third-order valence-electron chi connectivity index (χ3n) is 2.39. The van der Waals surface area contributed by atoms with Crippen LogP contribution in [-0.4, -0.2) is 29.5 Å². The van der Waals surface area contributed by atoms with Crippen LogP contribution in [0, 0.1) is 0 Å². The highest BCUT2D eigenvalue weighted by Crippen LogP contribution is 2.23. The van der Waals surface area contributed by atoms with Gasteiger partial charge in [0.2, 0.25) is 10.0 Å². The van der Waals surface area contributed by atoms with Crippen molar-refractivity contribution in [3.63, 3.8) is 0 Å². The lowest BCUT2D eigenvalue weighted by Gasteiger charge is -2.10. The Hall–Kier alpha value is -2.52. The van der Waals surface area contributed by atoms with Crippen LogP contribution in [0.5, 0.6) is 0 Å². The number of hydrogen-bond acceptors (Lipinski definition) is 6. The maximum absolute atomic E-state index is 11.2. The van der Waals surface area contributed by atoms with Gasteiger partial charge >= 0.3 is 5.97 Å². The topological polar surface area (TPSA) is 135 Å². The molecule has 0 atom stereocenters. The molecule has 20 heavy (non-hydrogen) atoms. The molecule has 4 N–H and O–H groups in total. The fourth-order valence-electron chi connectivity index (χ4n) is 1.51. The van der Waals surface area contributed by atoms with Gasteiger partial charge in [-0.2, -0.15) is 0 Å². The Labute approximate surface area is 114 Å². The number of primary sulfonamides is 1. The summed E-state index contributed by atoms with van der Waals surface area (Å²) in [5.41, 5.74) is 0.457. The predicted octanol–water partition coefficient (Wildman–Crippen LogP) is 0.566. The molecule has 2 aromatic rings. The van der Waals surface area contributed by atoms with Gasteiger partial charge in [0, 0.05) is 0 Å². The number of aromatic carboxylic acids is 1. The number of hydrogen-bond donors (Lipinski definition) is 3. The number of nitrogens with two attached hydrogens (primary N) is 1. The molecule has 9 heteroatoms. The molecule has 0 amide bonds. The zero-order valence-electron chi connectivity index (χ0n) is 10.0. The predicted molar refractivity (Wildman–Crippen MR) is 70.1 cm³/mol. The number of rotatable bonds is 4. The van der Waals surface area contributed by atoms with Gasteiger partial charge < -0.3 is 10.4 Å². The molecule has 0 unspecified atom stereocenters. The molecule has 0 fully saturated rings. The molecule has 0 saturated carbocycles. The van der Waals surface area contributed by atoms with E-state index >= 15 is 0 Å². The van der Waals surface area contributed by atoms with E-state index in [1.165, 1.54) is 30.9 Å². The maximum Gasteiger partial charge on any atom is 0.337 e. The normalized spacial score (nSPS) is 11.1. The van der Waals surface area contributed by atoms with Crippen LogP contribution in [0.2, 0.25) is 0 Å². The summed E-state index contributed by atoms with van der Waals surface area (Å²) in [5, 5.41) is 16.9. The van der Waals surface area contributed by atoms with Crippen LogP contribution in [0.25, 0.3) is 0 Å². The second kappa shape index (κ2) is 5.23. The van der Waals surface area contributed by atoms with Gasteiger partial charge in [0.25, 0.3) is 0 Å². The summed E-state index contributed by atoms with van der Waals surface area (Å²) >= 11 is 0. The van der Waals surface area contributed by atoms with Gasteiger partial charge in [0.15, 0.2) is 0 Å². The highest BCUT2D eigenvalue weighted by atomic mass is 32.2. The molecule has 0 aliphatic heterocycles. The van der Waals surface area contributed by atoms with Crippen LogP contribution in [0.15, 0.2) is 41.8 Å². The van der Waals surface area contributed by atoms with Crippen molar-refractivity contribution in [1.29, 1.82) is 0 Å². The molecule has 0 aliphatic rings. The summed E-state index contributed by atoms with van der Waals surface area (Å²) < 4.78 is 22.4. The molecular weight excluding hydrogens is 284 g/mol. The standard InChI is InChI=1S/C11H10N4O4S/c12-20(18,19)8-1-2-10(9(3-8)11(16)17)15-7-4-13-6-14-5-7/h1-6,15H,(H,16,17)(H2,12,18,19). The number of anilines is 2. The Morgan fingerprint density at radius 3 is 2.45 bits per heavy atom. The van der Waals surface area contributed by atoms with Crippen LogP contribution < -0.4 is 10.5 Å². The SMILES string of the molecule is NS(=O)(=O)c1ccc(Nc2cncnc2)c(C(=O)O)c1. The number of sulfonamides is 1. The number of nitrogens with zero attached hydrogens (tertiary/aromatic N) is 2. The lowest BCUT2D eigenvalue weighted by atomic mass is 10.2. The first-order valence-electron chi connectivity index (χ1n) is 5.30. The van der Waals surface area contributed by atoms with Crippen molar-refractivity contribution in [3.8, 4) is 0 Å². The van der Waals surface area contributed by atoms with Gasteiger partial charge in [-0.1, -0.05) is 0 Å². The summed E-state index contributed by atoms with van der Waals surface area (Å²) in [6.45, 7) is 0. The molecule has 0 aliphatic carbocycles. The lowest BCUT2D eigenvalue weighted by molar-refractivity contribution is 0.0697. The van der Waals surface area contributed by atoms with E-state index in [1.807, 2.05) is 0 Å². The Balaban J connectivity index is 2.46. The van der Waals surface area contributed by atoms with E-state index in [0.717, 1.165) is 6.07 Å². The third-order valence-corrected chi connectivity index (χ3v) is 3.30. The number of carboxylic acids is 1. The molecule has 1 heterocycles. The molecule has 0 spiro atoms. The van der Waals surface area contributed by atoms with E-state index in [4.69, 9.17) is 10.2 Å². The van der Waals surface area contributed by atoms with Gasteiger partial charge in [-0.3, -0.25) is 0 Å². The van der Waals surface area contributed by atoms with Crippen molar-refractivity contribution in [2.75, 3.05) is 5.32 Å². The van der Waals surface area contributed by atoms with Crippen LogP contribution in [0.4, 0.5) is 11.4 Å².